The van der Waals surface area contributed by atoms with Crippen LogP contribution >= 0.6 is 22.7 Å². The molecule has 1 aromatic carbocycles. The number of nitrogens with zero attached hydrogens (tertiary/aromatic N) is 4. The first-order valence-corrected chi connectivity index (χ1v) is 9.13. The Morgan fingerprint density at radius 3 is 2.20 bits per heavy atom. The van der Waals surface area contributed by atoms with Crippen LogP contribution in [0.3, 0.4) is 0 Å². The summed E-state index contributed by atoms with van der Waals surface area (Å²) < 4.78 is 0. The minimum Gasteiger partial charge on any atom is -0.301 e. The van der Waals surface area contributed by atoms with Gasteiger partial charge in [0.15, 0.2) is 0 Å². The Morgan fingerprint density at radius 1 is 0.960 bits per heavy atom. The Morgan fingerprint density at radius 2 is 1.60 bits per heavy atom. The SMILES string of the molecule is O=C(CC(Cc1ccccc1)C(=O)Nc1nncs1)Nc1nncs1. The molecule has 0 aliphatic heterocycles. The molecule has 0 saturated carbocycles. The minimum atomic E-state index is -0.542. The molecule has 2 amide bonds. The molecule has 8 nitrogen and oxygen atoms in total. The zero-order chi connectivity index (χ0) is 17.5. The third-order valence-electron chi connectivity index (χ3n) is 3.32. The Balaban J connectivity index is 1.68. The number of aromatic nitrogens is 4. The molecule has 0 fully saturated rings. The molecule has 10 heteroatoms. The van der Waals surface area contributed by atoms with E-state index in [0.717, 1.165) is 5.56 Å². The van der Waals surface area contributed by atoms with E-state index in [1.54, 1.807) is 0 Å². The molecule has 0 aliphatic rings. The highest BCUT2D eigenvalue weighted by atomic mass is 32.1. The molecule has 0 radical (unpaired) electrons. The first kappa shape index (κ1) is 17.1. The van der Waals surface area contributed by atoms with Gasteiger partial charge in [-0.05, 0) is 12.0 Å². The highest BCUT2D eigenvalue weighted by Crippen LogP contribution is 2.18. The second kappa shape index (κ2) is 8.40. The van der Waals surface area contributed by atoms with Crippen LogP contribution in [-0.4, -0.2) is 32.2 Å². The van der Waals surface area contributed by atoms with Gasteiger partial charge in [-0.1, -0.05) is 53.0 Å². The maximum absolute atomic E-state index is 12.6. The van der Waals surface area contributed by atoms with E-state index in [2.05, 4.69) is 31.0 Å². The summed E-state index contributed by atoms with van der Waals surface area (Å²) in [7, 11) is 0. The van der Waals surface area contributed by atoms with Crippen molar-refractivity contribution in [1.82, 2.24) is 20.4 Å². The number of nitrogens with one attached hydrogen (secondary N) is 2. The first-order valence-electron chi connectivity index (χ1n) is 7.37. The average molecular weight is 374 g/mol. The molecule has 0 saturated heterocycles. The van der Waals surface area contributed by atoms with Crippen molar-refractivity contribution >= 4 is 44.8 Å². The third-order valence-corrected chi connectivity index (χ3v) is 4.54. The maximum Gasteiger partial charge on any atom is 0.230 e. The van der Waals surface area contributed by atoms with E-state index in [1.807, 2.05) is 30.3 Å². The van der Waals surface area contributed by atoms with Gasteiger partial charge in [0.05, 0.1) is 5.92 Å². The van der Waals surface area contributed by atoms with Crippen LogP contribution in [0.1, 0.15) is 12.0 Å². The lowest BCUT2D eigenvalue weighted by Crippen LogP contribution is -2.29. The second-order valence-corrected chi connectivity index (χ2v) is 6.78. The standard InChI is InChI=1S/C15H14N6O2S2/c22-12(18-14-20-16-8-24-14)7-11(6-10-4-2-1-3-5-10)13(23)19-15-21-17-9-25-15/h1-5,8-9,11H,6-7H2,(H,18,20,22)(H,19,21,23). The molecular weight excluding hydrogens is 360 g/mol. The smallest absolute Gasteiger partial charge is 0.230 e. The summed E-state index contributed by atoms with van der Waals surface area (Å²) in [5.74, 6) is -1.10. The van der Waals surface area contributed by atoms with Crippen LogP contribution in [0, 0.1) is 5.92 Å². The molecule has 2 N–H and O–H groups in total. The number of hydrogen-bond acceptors (Lipinski definition) is 8. The fourth-order valence-corrected chi connectivity index (χ4v) is 3.12. The van der Waals surface area contributed by atoms with E-state index in [1.165, 1.54) is 33.7 Å². The van der Waals surface area contributed by atoms with Gasteiger partial charge in [0.25, 0.3) is 0 Å². The van der Waals surface area contributed by atoms with E-state index in [0.29, 0.717) is 16.7 Å². The molecule has 2 heterocycles. The van der Waals surface area contributed by atoms with Crippen LogP contribution < -0.4 is 10.6 Å². The van der Waals surface area contributed by atoms with Gasteiger partial charge in [-0.25, -0.2) is 0 Å². The van der Waals surface area contributed by atoms with Gasteiger partial charge in [0.1, 0.15) is 11.0 Å². The van der Waals surface area contributed by atoms with Gasteiger partial charge in [-0.15, -0.1) is 20.4 Å². The molecule has 2 aromatic heterocycles. The van der Waals surface area contributed by atoms with Crippen LogP contribution in [0.4, 0.5) is 10.3 Å². The van der Waals surface area contributed by atoms with E-state index < -0.39 is 5.92 Å². The second-order valence-electron chi connectivity index (χ2n) is 5.12. The largest absolute Gasteiger partial charge is 0.301 e. The summed E-state index contributed by atoms with van der Waals surface area (Å²) in [6.45, 7) is 0. The van der Waals surface area contributed by atoms with Gasteiger partial charge in [0, 0.05) is 6.42 Å². The van der Waals surface area contributed by atoms with Crippen molar-refractivity contribution < 1.29 is 9.59 Å². The lowest BCUT2D eigenvalue weighted by molar-refractivity contribution is -0.124. The van der Waals surface area contributed by atoms with E-state index in [-0.39, 0.29) is 18.2 Å². The fraction of sp³-hybridized carbons (Fsp3) is 0.200. The Hall–Kier alpha value is -2.72. The zero-order valence-electron chi connectivity index (χ0n) is 13.0. The van der Waals surface area contributed by atoms with E-state index in [4.69, 9.17) is 0 Å². The monoisotopic (exact) mass is 374 g/mol. The van der Waals surface area contributed by atoms with Crippen molar-refractivity contribution in [2.75, 3.05) is 10.6 Å². The summed E-state index contributed by atoms with van der Waals surface area (Å²) in [6, 6.07) is 9.55. The predicted octanol–water partition coefficient (Wildman–Crippen LogP) is 2.22. The summed E-state index contributed by atoms with van der Waals surface area (Å²) >= 11 is 2.45. The van der Waals surface area contributed by atoms with Crippen LogP contribution in [0.25, 0.3) is 0 Å². The molecule has 25 heavy (non-hydrogen) atoms. The number of carbonyl (C=O) groups is 2. The van der Waals surface area contributed by atoms with Gasteiger partial charge >= 0.3 is 0 Å². The molecule has 3 aromatic rings. The average Bonchev–Trinajstić information content (AvgIpc) is 3.29. The van der Waals surface area contributed by atoms with Crippen LogP contribution in [0.2, 0.25) is 0 Å². The number of rotatable bonds is 7. The number of carbonyl (C=O) groups excluding carboxylic acids is 2. The molecule has 0 spiro atoms. The normalized spacial score (nSPS) is 11.7. The highest BCUT2D eigenvalue weighted by molar-refractivity contribution is 7.13. The van der Waals surface area contributed by atoms with Crippen molar-refractivity contribution in [3.63, 3.8) is 0 Å². The van der Waals surface area contributed by atoms with E-state index in [9.17, 15) is 9.59 Å². The molecule has 0 bridgehead atoms. The Labute approximate surface area is 151 Å². The number of anilines is 2. The van der Waals surface area contributed by atoms with Gasteiger partial charge < -0.3 is 10.6 Å². The molecule has 1 atom stereocenters. The topological polar surface area (TPSA) is 110 Å². The predicted molar refractivity (Wildman–Crippen MR) is 95.3 cm³/mol. The van der Waals surface area contributed by atoms with Crippen LogP contribution in [-0.2, 0) is 16.0 Å². The van der Waals surface area contributed by atoms with E-state index >= 15 is 0 Å². The lowest BCUT2D eigenvalue weighted by Gasteiger charge is -2.15. The van der Waals surface area contributed by atoms with Crippen LogP contribution in [0.5, 0.6) is 0 Å². The number of amides is 2. The summed E-state index contributed by atoms with van der Waals surface area (Å²) in [5, 5.41) is 21.1. The highest BCUT2D eigenvalue weighted by Gasteiger charge is 2.23. The fourth-order valence-electron chi connectivity index (χ4n) is 2.21. The molecule has 128 valence electrons. The third kappa shape index (κ3) is 5.13. The summed E-state index contributed by atoms with van der Waals surface area (Å²) in [4.78, 5) is 24.8. The molecule has 1 unspecified atom stereocenters. The van der Waals surface area contributed by atoms with Crippen molar-refractivity contribution in [1.29, 1.82) is 0 Å². The van der Waals surface area contributed by atoms with Crippen molar-refractivity contribution in [3.05, 3.63) is 46.9 Å². The number of hydrogen-bond donors (Lipinski definition) is 2. The van der Waals surface area contributed by atoms with Crippen molar-refractivity contribution in [2.24, 2.45) is 5.92 Å². The zero-order valence-corrected chi connectivity index (χ0v) is 14.6. The summed E-state index contributed by atoms with van der Waals surface area (Å²) in [6.07, 6.45) is 0.466. The lowest BCUT2D eigenvalue weighted by atomic mass is 9.95. The number of benzene rings is 1. The Bertz CT molecular complexity index is 808. The quantitative estimate of drug-likeness (QED) is 0.656. The molecule has 3 rings (SSSR count). The molecular formula is C15H14N6O2S2. The first-order chi connectivity index (χ1) is 12.2. The van der Waals surface area contributed by atoms with Crippen LogP contribution in [0.15, 0.2) is 41.4 Å². The minimum absolute atomic E-state index is 0.0269. The molecule has 0 aliphatic carbocycles. The van der Waals surface area contributed by atoms with Gasteiger partial charge in [-0.3, -0.25) is 9.59 Å². The summed E-state index contributed by atoms with van der Waals surface area (Å²) in [5.41, 5.74) is 4.03. The van der Waals surface area contributed by atoms with Gasteiger partial charge in [0.2, 0.25) is 22.1 Å². The Kier molecular flexibility index (Phi) is 5.75. The van der Waals surface area contributed by atoms with Crippen molar-refractivity contribution in [2.45, 2.75) is 12.8 Å². The maximum atomic E-state index is 12.6. The van der Waals surface area contributed by atoms with Gasteiger partial charge in [-0.2, -0.15) is 0 Å². The van der Waals surface area contributed by atoms with Crippen molar-refractivity contribution in [3.8, 4) is 0 Å².